The van der Waals surface area contributed by atoms with Gasteiger partial charge in [-0.15, -0.1) is 0 Å². The number of rotatable bonds is 1. The molecule has 2 rings (SSSR count). The Labute approximate surface area is 64.7 Å². The first-order valence-corrected chi connectivity index (χ1v) is 3.67. The average Bonchev–Trinajstić information content (AvgIpc) is 2.50. The van der Waals surface area contributed by atoms with Crippen LogP contribution < -0.4 is 0 Å². The number of aromatic nitrogens is 3. The molecular weight excluding hydrogens is 138 g/mol. The van der Waals surface area contributed by atoms with Crippen molar-refractivity contribution in [2.45, 2.75) is 13.3 Å². The highest BCUT2D eigenvalue weighted by molar-refractivity contribution is 5.35. The Morgan fingerprint density at radius 2 is 2.45 bits per heavy atom. The van der Waals surface area contributed by atoms with E-state index in [1.807, 2.05) is 16.7 Å². The third-order valence-electron chi connectivity index (χ3n) is 1.69. The van der Waals surface area contributed by atoms with E-state index in [1.165, 1.54) is 0 Å². The minimum atomic E-state index is 0.921. The highest BCUT2D eigenvalue weighted by Crippen LogP contribution is 2.00. The molecule has 0 aliphatic rings. The first-order chi connectivity index (χ1) is 5.40. The fraction of sp³-hybridized carbons (Fsp3) is 0.250. The highest BCUT2D eigenvalue weighted by atomic mass is 15.0. The molecule has 2 aromatic heterocycles. The van der Waals surface area contributed by atoms with E-state index in [1.54, 1.807) is 12.5 Å². The standard InChI is InChI=1S/C8H9N3/c1-2-7-3-4-11-6-9-5-8(11)10-7/h3-6H,2H2,1H3. The monoisotopic (exact) mass is 147 g/mol. The van der Waals surface area contributed by atoms with Crippen LogP contribution in [-0.4, -0.2) is 14.4 Å². The highest BCUT2D eigenvalue weighted by Gasteiger charge is 1.94. The molecule has 0 atom stereocenters. The number of fused-ring (bicyclic) bond motifs is 1. The molecule has 0 aliphatic heterocycles. The molecule has 0 saturated heterocycles. The van der Waals surface area contributed by atoms with E-state index < -0.39 is 0 Å². The van der Waals surface area contributed by atoms with Crippen LogP contribution in [0.1, 0.15) is 12.6 Å². The third-order valence-corrected chi connectivity index (χ3v) is 1.69. The smallest absolute Gasteiger partial charge is 0.156 e. The molecule has 0 N–H and O–H groups in total. The van der Waals surface area contributed by atoms with Gasteiger partial charge in [-0.05, 0) is 12.5 Å². The molecule has 56 valence electrons. The summed E-state index contributed by atoms with van der Waals surface area (Å²) in [5.41, 5.74) is 2.03. The van der Waals surface area contributed by atoms with Gasteiger partial charge in [0.05, 0.1) is 6.20 Å². The minimum Gasteiger partial charge on any atom is -0.291 e. The lowest BCUT2D eigenvalue weighted by atomic mass is 10.3. The van der Waals surface area contributed by atoms with Crippen molar-refractivity contribution < 1.29 is 0 Å². The molecule has 0 spiro atoms. The second kappa shape index (κ2) is 2.34. The first kappa shape index (κ1) is 6.34. The fourth-order valence-corrected chi connectivity index (χ4v) is 1.05. The zero-order valence-electron chi connectivity index (χ0n) is 6.36. The van der Waals surface area contributed by atoms with Crippen LogP contribution in [0, 0.1) is 0 Å². The zero-order chi connectivity index (χ0) is 7.68. The summed E-state index contributed by atoms with van der Waals surface area (Å²) < 4.78 is 1.90. The summed E-state index contributed by atoms with van der Waals surface area (Å²) in [6.07, 6.45) is 6.47. The van der Waals surface area contributed by atoms with Crippen LogP contribution in [0.4, 0.5) is 0 Å². The maximum atomic E-state index is 4.35. The van der Waals surface area contributed by atoms with E-state index >= 15 is 0 Å². The normalized spacial score (nSPS) is 10.6. The van der Waals surface area contributed by atoms with E-state index in [4.69, 9.17) is 0 Å². The molecular formula is C8H9N3. The molecule has 2 aromatic rings. The Balaban J connectivity index is 2.67. The number of nitrogens with zero attached hydrogens (tertiary/aromatic N) is 3. The topological polar surface area (TPSA) is 30.2 Å². The van der Waals surface area contributed by atoms with Crippen LogP contribution >= 0.6 is 0 Å². The van der Waals surface area contributed by atoms with Crippen molar-refractivity contribution in [2.75, 3.05) is 0 Å². The van der Waals surface area contributed by atoms with Gasteiger partial charge in [-0.25, -0.2) is 9.97 Å². The van der Waals surface area contributed by atoms with Gasteiger partial charge in [-0.1, -0.05) is 6.92 Å². The van der Waals surface area contributed by atoms with Crippen molar-refractivity contribution >= 4 is 5.65 Å². The summed E-state index contributed by atoms with van der Waals surface area (Å²) in [4.78, 5) is 8.33. The van der Waals surface area contributed by atoms with E-state index in [0.717, 1.165) is 17.8 Å². The van der Waals surface area contributed by atoms with Crippen molar-refractivity contribution in [1.29, 1.82) is 0 Å². The molecule has 0 unspecified atom stereocenters. The van der Waals surface area contributed by atoms with Gasteiger partial charge in [0.1, 0.15) is 6.33 Å². The van der Waals surface area contributed by atoms with Gasteiger partial charge in [-0.2, -0.15) is 0 Å². The Kier molecular flexibility index (Phi) is 1.35. The van der Waals surface area contributed by atoms with Crippen molar-refractivity contribution in [3.8, 4) is 0 Å². The van der Waals surface area contributed by atoms with Gasteiger partial charge >= 0.3 is 0 Å². The lowest BCUT2D eigenvalue weighted by molar-refractivity contribution is 1.00. The summed E-state index contributed by atoms with van der Waals surface area (Å²) >= 11 is 0. The van der Waals surface area contributed by atoms with Crippen molar-refractivity contribution in [3.05, 3.63) is 30.5 Å². The molecule has 0 bridgehead atoms. The van der Waals surface area contributed by atoms with Gasteiger partial charge in [-0.3, -0.25) is 4.40 Å². The van der Waals surface area contributed by atoms with Crippen LogP contribution in [-0.2, 0) is 6.42 Å². The molecule has 2 heterocycles. The molecule has 11 heavy (non-hydrogen) atoms. The van der Waals surface area contributed by atoms with Crippen molar-refractivity contribution in [2.24, 2.45) is 0 Å². The van der Waals surface area contributed by atoms with Crippen LogP contribution in [0.5, 0.6) is 0 Å². The van der Waals surface area contributed by atoms with Crippen LogP contribution in [0.25, 0.3) is 5.65 Å². The third kappa shape index (κ3) is 0.981. The number of hydrogen-bond donors (Lipinski definition) is 0. The molecule has 3 nitrogen and oxygen atoms in total. The predicted octanol–water partition coefficient (Wildman–Crippen LogP) is 1.29. The lowest BCUT2D eigenvalue weighted by Gasteiger charge is -1.95. The van der Waals surface area contributed by atoms with E-state index in [0.29, 0.717) is 0 Å². The summed E-state index contributed by atoms with van der Waals surface area (Å²) in [5.74, 6) is 0. The largest absolute Gasteiger partial charge is 0.291 e. The Morgan fingerprint density at radius 3 is 3.27 bits per heavy atom. The van der Waals surface area contributed by atoms with Crippen LogP contribution in [0.2, 0.25) is 0 Å². The van der Waals surface area contributed by atoms with E-state index in [-0.39, 0.29) is 0 Å². The van der Waals surface area contributed by atoms with Gasteiger partial charge in [0.15, 0.2) is 5.65 Å². The predicted molar refractivity (Wildman–Crippen MR) is 42.4 cm³/mol. The molecule has 0 aliphatic carbocycles. The average molecular weight is 147 g/mol. The van der Waals surface area contributed by atoms with Crippen LogP contribution in [0.3, 0.4) is 0 Å². The summed E-state index contributed by atoms with van der Waals surface area (Å²) in [6.45, 7) is 2.09. The summed E-state index contributed by atoms with van der Waals surface area (Å²) in [6, 6.07) is 2.01. The second-order valence-corrected chi connectivity index (χ2v) is 2.43. The number of hydrogen-bond acceptors (Lipinski definition) is 2. The van der Waals surface area contributed by atoms with Crippen LogP contribution in [0.15, 0.2) is 24.8 Å². The Morgan fingerprint density at radius 1 is 1.55 bits per heavy atom. The fourth-order valence-electron chi connectivity index (χ4n) is 1.05. The Bertz CT molecular complexity index is 364. The molecule has 0 amide bonds. The minimum absolute atomic E-state index is 0.921. The van der Waals surface area contributed by atoms with E-state index in [9.17, 15) is 0 Å². The van der Waals surface area contributed by atoms with Gasteiger partial charge in [0, 0.05) is 11.9 Å². The summed E-state index contributed by atoms with van der Waals surface area (Å²) in [7, 11) is 0. The van der Waals surface area contributed by atoms with Gasteiger partial charge < -0.3 is 0 Å². The maximum Gasteiger partial charge on any atom is 0.156 e. The molecule has 0 aromatic carbocycles. The maximum absolute atomic E-state index is 4.35. The summed E-state index contributed by atoms with van der Waals surface area (Å²) in [5, 5.41) is 0. The quantitative estimate of drug-likeness (QED) is 0.608. The SMILES string of the molecule is CCc1ccn2cncc2n1. The molecule has 0 fully saturated rings. The number of aryl methyl sites for hydroxylation is 1. The second-order valence-electron chi connectivity index (χ2n) is 2.43. The van der Waals surface area contributed by atoms with E-state index in [2.05, 4.69) is 16.9 Å². The van der Waals surface area contributed by atoms with Crippen molar-refractivity contribution in [3.63, 3.8) is 0 Å². The molecule has 0 saturated carbocycles. The Hall–Kier alpha value is -1.38. The van der Waals surface area contributed by atoms with Gasteiger partial charge in [0.2, 0.25) is 0 Å². The zero-order valence-corrected chi connectivity index (χ0v) is 6.36. The number of imidazole rings is 1. The molecule has 3 heteroatoms. The lowest BCUT2D eigenvalue weighted by Crippen LogP contribution is -1.90. The van der Waals surface area contributed by atoms with Gasteiger partial charge in [0.25, 0.3) is 0 Å². The van der Waals surface area contributed by atoms with Crippen molar-refractivity contribution in [1.82, 2.24) is 14.4 Å². The molecule has 0 radical (unpaired) electrons. The first-order valence-electron chi connectivity index (χ1n) is 3.67.